The zero-order valence-corrected chi connectivity index (χ0v) is 13.8. The molecule has 0 saturated carbocycles. The fourth-order valence-electron chi connectivity index (χ4n) is 1.99. The van der Waals surface area contributed by atoms with Crippen LogP contribution in [0.25, 0.3) is 0 Å². The molecule has 1 rings (SSSR count). The van der Waals surface area contributed by atoms with E-state index in [1.54, 1.807) is 24.1 Å². The molecule has 2 N–H and O–H groups in total. The molecule has 1 unspecified atom stereocenters. The highest BCUT2D eigenvalue weighted by atomic mass is 16.3. The second-order valence-corrected chi connectivity index (χ2v) is 6.04. The lowest BCUT2D eigenvalue weighted by Crippen LogP contribution is -2.30. The van der Waals surface area contributed by atoms with E-state index in [2.05, 4.69) is 5.32 Å². The summed E-state index contributed by atoms with van der Waals surface area (Å²) in [5, 5.41) is 11.7. The van der Waals surface area contributed by atoms with E-state index in [1.165, 1.54) is 0 Å². The van der Waals surface area contributed by atoms with Gasteiger partial charge in [-0.2, -0.15) is 0 Å². The van der Waals surface area contributed by atoms with Gasteiger partial charge in [0.25, 0.3) is 5.91 Å². The Hall–Kier alpha value is -1.88. The van der Waals surface area contributed by atoms with Gasteiger partial charge in [-0.05, 0) is 23.6 Å². The van der Waals surface area contributed by atoms with Gasteiger partial charge < -0.3 is 15.3 Å². The summed E-state index contributed by atoms with van der Waals surface area (Å²) in [7, 11) is 1.78. The number of carbonyl (C=O) groups is 2. The lowest BCUT2D eigenvalue weighted by Gasteiger charge is -2.19. The Labute approximate surface area is 132 Å². The maximum Gasteiger partial charge on any atom is 0.251 e. The fraction of sp³-hybridized carbons (Fsp3) is 0.529. The largest absolute Gasteiger partial charge is 0.396 e. The van der Waals surface area contributed by atoms with Crippen molar-refractivity contribution in [3.05, 3.63) is 35.4 Å². The SMILES string of the molecule is CC(CO)CNC(=O)c1ccc(CN(C)C(=O)C(C)C)cc1. The van der Waals surface area contributed by atoms with Crippen LogP contribution < -0.4 is 5.32 Å². The number of aliphatic hydroxyl groups excluding tert-OH is 1. The van der Waals surface area contributed by atoms with Crippen LogP contribution in [0.2, 0.25) is 0 Å². The smallest absolute Gasteiger partial charge is 0.251 e. The molecule has 22 heavy (non-hydrogen) atoms. The molecule has 2 amide bonds. The summed E-state index contributed by atoms with van der Waals surface area (Å²) in [6.45, 7) is 6.64. The number of benzene rings is 1. The van der Waals surface area contributed by atoms with Gasteiger partial charge in [0.05, 0.1) is 0 Å². The Balaban J connectivity index is 2.59. The number of hydrogen-bond acceptors (Lipinski definition) is 3. The van der Waals surface area contributed by atoms with Gasteiger partial charge in [0.2, 0.25) is 5.91 Å². The molecular formula is C17H26N2O3. The van der Waals surface area contributed by atoms with Crippen LogP contribution in [0, 0.1) is 11.8 Å². The van der Waals surface area contributed by atoms with Crippen LogP contribution in [0.4, 0.5) is 0 Å². The molecule has 0 aliphatic rings. The third-order valence-corrected chi connectivity index (χ3v) is 3.43. The second kappa shape index (κ2) is 8.54. The number of rotatable bonds is 7. The van der Waals surface area contributed by atoms with Gasteiger partial charge in [-0.15, -0.1) is 0 Å². The zero-order valence-electron chi connectivity index (χ0n) is 13.8. The number of hydrogen-bond donors (Lipinski definition) is 2. The van der Waals surface area contributed by atoms with Crippen LogP contribution in [-0.4, -0.2) is 42.0 Å². The molecule has 0 aromatic heterocycles. The minimum Gasteiger partial charge on any atom is -0.396 e. The van der Waals surface area contributed by atoms with Gasteiger partial charge in [-0.3, -0.25) is 9.59 Å². The van der Waals surface area contributed by atoms with Crippen molar-refractivity contribution in [2.24, 2.45) is 11.8 Å². The van der Waals surface area contributed by atoms with Gasteiger partial charge in [-0.25, -0.2) is 0 Å². The lowest BCUT2D eigenvalue weighted by molar-refractivity contribution is -0.133. The van der Waals surface area contributed by atoms with Crippen molar-refractivity contribution in [2.45, 2.75) is 27.3 Å². The third-order valence-electron chi connectivity index (χ3n) is 3.43. The Morgan fingerprint density at radius 2 is 1.77 bits per heavy atom. The maximum atomic E-state index is 11.9. The van der Waals surface area contributed by atoms with E-state index in [0.29, 0.717) is 18.7 Å². The van der Waals surface area contributed by atoms with E-state index < -0.39 is 0 Å². The molecule has 0 aliphatic carbocycles. The average molecular weight is 306 g/mol. The molecule has 122 valence electrons. The summed E-state index contributed by atoms with van der Waals surface area (Å²) >= 11 is 0. The van der Waals surface area contributed by atoms with Crippen molar-refractivity contribution in [2.75, 3.05) is 20.2 Å². The molecule has 1 atom stereocenters. The van der Waals surface area contributed by atoms with Crippen molar-refractivity contribution >= 4 is 11.8 Å². The van der Waals surface area contributed by atoms with Crippen LogP contribution in [0.5, 0.6) is 0 Å². The van der Waals surface area contributed by atoms with E-state index >= 15 is 0 Å². The Morgan fingerprint density at radius 1 is 1.18 bits per heavy atom. The number of carbonyl (C=O) groups excluding carboxylic acids is 2. The van der Waals surface area contributed by atoms with Crippen molar-refractivity contribution in [3.8, 4) is 0 Å². The highest BCUT2D eigenvalue weighted by molar-refractivity contribution is 5.94. The summed E-state index contributed by atoms with van der Waals surface area (Å²) in [5.74, 6) is -0.0410. The Bertz CT molecular complexity index is 497. The molecular weight excluding hydrogens is 280 g/mol. The minimum atomic E-state index is -0.154. The first-order valence-corrected chi connectivity index (χ1v) is 7.58. The van der Waals surface area contributed by atoms with E-state index in [1.807, 2.05) is 32.9 Å². The molecule has 0 aliphatic heterocycles. The number of amides is 2. The molecule has 0 bridgehead atoms. The standard InChI is InChI=1S/C17H26N2O3/c1-12(2)17(22)19(4)10-14-5-7-15(8-6-14)16(21)18-9-13(3)11-20/h5-8,12-13,20H,9-11H2,1-4H3,(H,18,21). The van der Waals surface area contributed by atoms with E-state index in [9.17, 15) is 9.59 Å². The first kappa shape index (κ1) is 18.2. The quantitative estimate of drug-likeness (QED) is 0.805. The van der Waals surface area contributed by atoms with Crippen molar-refractivity contribution < 1.29 is 14.7 Å². The van der Waals surface area contributed by atoms with Crippen molar-refractivity contribution in [1.29, 1.82) is 0 Å². The topological polar surface area (TPSA) is 69.6 Å². The molecule has 0 saturated heterocycles. The number of nitrogens with one attached hydrogen (secondary N) is 1. The second-order valence-electron chi connectivity index (χ2n) is 6.04. The predicted molar refractivity (Wildman–Crippen MR) is 86.3 cm³/mol. The van der Waals surface area contributed by atoms with E-state index in [0.717, 1.165) is 5.56 Å². The molecule has 0 radical (unpaired) electrons. The number of aliphatic hydroxyl groups is 1. The molecule has 0 heterocycles. The summed E-state index contributed by atoms with van der Waals surface area (Å²) in [6.07, 6.45) is 0. The van der Waals surface area contributed by atoms with Gasteiger partial charge >= 0.3 is 0 Å². The van der Waals surface area contributed by atoms with Crippen LogP contribution in [0.3, 0.4) is 0 Å². The van der Waals surface area contributed by atoms with Gasteiger partial charge in [0.1, 0.15) is 0 Å². The number of nitrogens with zero attached hydrogens (tertiary/aromatic N) is 1. The molecule has 0 fully saturated rings. The lowest BCUT2D eigenvalue weighted by atomic mass is 10.1. The van der Waals surface area contributed by atoms with Crippen LogP contribution in [0.1, 0.15) is 36.7 Å². The van der Waals surface area contributed by atoms with Gasteiger partial charge in [0.15, 0.2) is 0 Å². The third kappa shape index (κ3) is 5.48. The van der Waals surface area contributed by atoms with Crippen molar-refractivity contribution in [3.63, 3.8) is 0 Å². The molecule has 0 spiro atoms. The molecule has 5 nitrogen and oxygen atoms in total. The van der Waals surface area contributed by atoms with E-state index in [4.69, 9.17) is 5.11 Å². The van der Waals surface area contributed by atoms with Crippen LogP contribution in [-0.2, 0) is 11.3 Å². The highest BCUT2D eigenvalue weighted by Crippen LogP contribution is 2.09. The highest BCUT2D eigenvalue weighted by Gasteiger charge is 2.13. The summed E-state index contributed by atoms with van der Waals surface area (Å²) in [4.78, 5) is 25.5. The fourth-order valence-corrected chi connectivity index (χ4v) is 1.99. The summed E-state index contributed by atoms with van der Waals surface area (Å²) < 4.78 is 0. The van der Waals surface area contributed by atoms with Crippen molar-refractivity contribution in [1.82, 2.24) is 10.2 Å². The summed E-state index contributed by atoms with van der Waals surface area (Å²) in [5.41, 5.74) is 1.56. The molecule has 1 aromatic carbocycles. The van der Waals surface area contributed by atoms with Gasteiger partial charge in [0, 0.05) is 38.2 Å². The Kier molecular flexibility index (Phi) is 7.05. The van der Waals surface area contributed by atoms with Crippen LogP contribution >= 0.6 is 0 Å². The molecule has 1 aromatic rings. The zero-order chi connectivity index (χ0) is 16.7. The Morgan fingerprint density at radius 3 is 2.27 bits per heavy atom. The molecule has 5 heteroatoms. The first-order valence-electron chi connectivity index (χ1n) is 7.58. The summed E-state index contributed by atoms with van der Waals surface area (Å²) in [6, 6.07) is 7.22. The first-order chi connectivity index (χ1) is 10.3. The average Bonchev–Trinajstić information content (AvgIpc) is 2.51. The normalized spacial score (nSPS) is 12.1. The monoisotopic (exact) mass is 306 g/mol. The van der Waals surface area contributed by atoms with E-state index in [-0.39, 0.29) is 30.3 Å². The van der Waals surface area contributed by atoms with Gasteiger partial charge in [-0.1, -0.05) is 32.9 Å². The minimum absolute atomic E-state index is 0.0245. The maximum absolute atomic E-state index is 11.9. The van der Waals surface area contributed by atoms with Crippen LogP contribution in [0.15, 0.2) is 24.3 Å². The predicted octanol–water partition coefficient (Wildman–Crippen LogP) is 1.66.